The van der Waals surface area contributed by atoms with Gasteiger partial charge in [0.15, 0.2) is 0 Å². The van der Waals surface area contributed by atoms with Gasteiger partial charge in [-0.3, -0.25) is 0 Å². The van der Waals surface area contributed by atoms with Gasteiger partial charge in [-0.05, 0) is 0 Å². The molecular formula is C13H24HfO3. The molecule has 0 aromatic carbocycles. The van der Waals surface area contributed by atoms with E-state index in [-0.39, 0.29) is 19.8 Å². The summed E-state index contributed by atoms with van der Waals surface area (Å²) in [5.41, 5.74) is 3.05. The number of rotatable bonds is 0. The van der Waals surface area contributed by atoms with Crippen LogP contribution in [-0.4, -0.2) is 19.8 Å². The molecule has 0 unspecified atom stereocenters. The van der Waals surface area contributed by atoms with Gasteiger partial charge in [-0.25, -0.2) is 0 Å². The van der Waals surface area contributed by atoms with Crippen molar-refractivity contribution in [3.05, 3.63) is 20.6 Å². The van der Waals surface area contributed by atoms with E-state index in [1.807, 2.05) is 0 Å². The molecule has 1 rings (SSSR count). The van der Waals surface area contributed by atoms with Crippen LogP contribution in [0, 0.1) is 0 Å². The molecule has 0 fully saturated rings. The fourth-order valence-corrected chi connectivity index (χ4v) is 1.87. The van der Waals surface area contributed by atoms with Crippen LogP contribution in [-0.2, 0) is 24.4 Å². The zero-order valence-corrected chi connectivity index (χ0v) is 15.2. The maximum atomic E-state index is 8.93. The predicted octanol–water partition coefficient (Wildman–Crippen LogP) is 0.257. The van der Waals surface area contributed by atoms with Gasteiger partial charge in [-0.1, -0.05) is 20.8 Å². The Kier molecular flexibility index (Phi) is 24.5. The molecular weight excluding hydrogens is 383 g/mol. The Morgan fingerprint density at radius 3 is 1.35 bits per heavy atom. The van der Waals surface area contributed by atoms with E-state index < -0.39 is 0 Å². The van der Waals surface area contributed by atoms with Crippen LogP contribution in [0.15, 0.2) is 20.6 Å². The first kappa shape index (κ1) is 22.4. The summed E-state index contributed by atoms with van der Waals surface area (Å²) in [7, 11) is 0. The second-order valence-corrected chi connectivity index (χ2v) is 5.23. The summed E-state index contributed by atoms with van der Waals surface area (Å²) in [5.74, 6) is 0. The third-order valence-electron chi connectivity index (χ3n) is 1.66. The van der Waals surface area contributed by atoms with Gasteiger partial charge in [0, 0.05) is 0 Å². The molecule has 0 saturated carbocycles. The van der Waals surface area contributed by atoms with Crippen molar-refractivity contribution < 1.29 is 39.7 Å². The molecule has 98 valence electrons. The standard InChI is InChI=1S/C7H9.3C2H5O.Hf/c1-6-4-3-5-7(6)2;3*1-2-3;/h4H,3H2,1-2H3;3*2H2,1H3;/q;3*-1;+3. The fraction of sp³-hybridized carbons (Fsp3) is 0.692. The molecule has 17 heavy (non-hydrogen) atoms. The molecule has 4 heteroatoms. The maximum absolute atomic E-state index is 8.93. The third-order valence-corrected chi connectivity index (χ3v) is 3.74. The number of hydrogen-bond acceptors (Lipinski definition) is 3. The smallest absolute Gasteiger partial charge is 0.0809 e. The minimum absolute atomic E-state index is 0. The zero-order chi connectivity index (χ0) is 14.3. The van der Waals surface area contributed by atoms with Gasteiger partial charge in [0.25, 0.3) is 0 Å². The molecule has 0 amide bonds. The molecule has 0 radical (unpaired) electrons. The first-order valence-corrected chi connectivity index (χ1v) is 7.58. The molecule has 0 aromatic rings. The van der Waals surface area contributed by atoms with Crippen molar-refractivity contribution in [3.63, 3.8) is 0 Å². The van der Waals surface area contributed by atoms with Crippen molar-refractivity contribution in [1.82, 2.24) is 0 Å². The molecule has 0 atom stereocenters. The van der Waals surface area contributed by atoms with E-state index in [1.54, 1.807) is 29.7 Å². The largest absolute Gasteiger partial charge is 0.855 e. The number of allylic oxidation sites excluding steroid dienone is 4. The molecule has 0 N–H and O–H groups in total. The Labute approximate surface area is 121 Å². The van der Waals surface area contributed by atoms with E-state index >= 15 is 0 Å². The van der Waals surface area contributed by atoms with Crippen molar-refractivity contribution in [3.8, 4) is 0 Å². The van der Waals surface area contributed by atoms with Crippen LogP contribution in [0.3, 0.4) is 0 Å². The summed E-state index contributed by atoms with van der Waals surface area (Å²) in [4.78, 5) is 0. The summed E-state index contributed by atoms with van der Waals surface area (Å²) in [6, 6.07) is 0. The monoisotopic (exact) mass is 408 g/mol. The SMILES string of the molecule is CC1=CC[C]([Hf+3])=C1C.CC[O-].CC[O-].CC[O-]. The van der Waals surface area contributed by atoms with Crippen LogP contribution in [0.25, 0.3) is 0 Å². The van der Waals surface area contributed by atoms with Gasteiger partial charge in [0.1, 0.15) is 0 Å². The molecule has 0 saturated heterocycles. The fourth-order valence-electron chi connectivity index (χ4n) is 0.799. The van der Waals surface area contributed by atoms with Crippen molar-refractivity contribution in [2.24, 2.45) is 0 Å². The normalized spacial score (nSPS) is 12.5. The minimum Gasteiger partial charge on any atom is -0.855 e. The molecule has 0 aromatic heterocycles. The van der Waals surface area contributed by atoms with Gasteiger partial charge < -0.3 is 15.3 Å². The first-order valence-electron chi connectivity index (χ1n) is 5.79. The molecule has 3 nitrogen and oxygen atoms in total. The zero-order valence-electron chi connectivity index (χ0n) is 11.6. The summed E-state index contributed by atoms with van der Waals surface area (Å²) in [5, 5.41) is 26.8. The molecule has 1 aliphatic carbocycles. The average molecular weight is 407 g/mol. The summed E-state index contributed by atoms with van der Waals surface area (Å²) in [6.45, 7) is 9.13. The maximum Gasteiger partial charge on any atom is -0.0809 e. The molecule has 0 aliphatic heterocycles. The second-order valence-electron chi connectivity index (χ2n) is 3.06. The Balaban J connectivity index is -0.000000184. The Morgan fingerprint density at radius 1 is 1.00 bits per heavy atom. The number of hydrogen-bond donors (Lipinski definition) is 0. The van der Waals surface area contributed by atoms with Crippen LogP contribution in [0.1, 0.15) is 41.0 Å². The van der Waals surface area contributed by atoms with Crippen molar-refractivity contribution in [1.29, 1.82) is 0 Å². The van der Waals surface area contributed by atoms with Gasteiger partial charge in [-0.15, -0.1) is 19.8 Å². The predicted molar refractivity (Wildman–Crippen MR) is 62.7 cm³/mol. The quantitative estimate of drug-likeness (QED) is 0.542. The van der Waals surface area contributed by atoms with Crippen LogP contribution < -0.4 is 15.3 Å². The third kappa shape index (κ3) is 18.8. The Morgan fingerprint density at radius 2 is 1.29 bits per heavy atom. The van der Waals surface area contributed by atoms with E-state index in [1.165, 1.54) is 36.4 Å². The van der Waals surface area contributed by atoms with Crippen molar-refractivity contribution >= 4 is 0 Å². The van der Waals surface area contributed by atoms with Crippen LogP contribution in [0.4, 0.5) is 0 Å². The van der Waals surface area contributed by atoms with Crippen molar-refractivity contribution in [2.45, 2.75) is 41.0 Å². The Hall–Kier alpha value is 0.230. The second kappa shape index (κ2) is 18.6. The van der Waals surface area contributed by atoms with Gasteiger partial charge in [-0.2, -0.15) is 0 Å². The average Bonchev–Trinajstić information content (AvgIpc) is 2.53. The topological polar surface area (TPSA) is 69.2 Å². The molecule has 1 aliphatic rings. The van der Waals surface area contributed by atoms with E-state index in [9.17, 15) is 0 Å². The first-order chi connectivity index (χ1) is 7.96. The summed E-state index contributed by atoms with van der Waals surface area (Å²) >= 11 is 1.25. The summed E-state index contributed by atoms with van der Waals surface area (Å²) in [6.07, 6.45) is 3.56. The van der Waals surface area contributed by atoms with E-state index in [0.29, 0.717) is 0 Å². The van der Waals surface area contributed by atoms with E-state index in [4.69, 9.17) is 15.3 Å². The van der Waals surface area contributed by atoms with E-state index in [2.05, 4.69) is 19.9 Å². The van der Waals surface area contributed by atoms with Crippen LogP contribution in [0.2, 0.25) is 0 Å². The van der Waals surface area contributed by atoms with Crippen molar-refractivity contribution in [2.75, 3.05) is 19.8 Å². The van der Waals surface area contributed by atoms with Gasteiger partial charge in [0.05, 0.1) is 0 Å². The van der Waals surface area contributed by atoms with Gasteiger partial charge in [0.2, 0.25) is 0 Å². The Bertz CT molecular complexity index is 200. The molecule has 0 spiro atoms. The van der Waals surface area contributed by atoms with Crippen LogP contribution in [0.5, 0.6) is 0 Å². The molecule has 0 bridgehead atoms. The summed E-state index contributed by atoms with van der Waals surface area (Å²) < 4.78 is 1.67. The van der Waals surface area contributed by atoms with Crippen LogP contribution >= 0.6 is 0 Å². The van der Waals surface area contributed by atoms with Gasteiger partial charge >= 0.3 is 65.2 Å². The minimum atomic E-state index is 0. The molecule has 0 heterocycles. The van der Waals surface area contributed by atoms with E-state index in [0.717, 1.165) is 0 Å².